The second-order valence-electron chi connectivity index (χ2n) is 7.79. The molecule has 0 aromatic heterocycles. The number of hydrogen-bond acceptors (Lipinski definition) is 8. The Labute approximate surface area is 193 Å². The van der Waals surface area contributed by atoms with Crippen molar-refractivity contribution in [1.29, 1.82) is 0 Å². The number of alkyl halides is 3. The van der Waals surface area contributed by atoms with Crippen LogP contribution in [0.25, 0.3) is 0 Å². The Hall–Kier alpha value is -2.87. The number of carbonyl (C=O) groups is 1. The maximum absolute atomic E-state index is 12.9. The molecule has 0 saturated carbocycles. The van der Waals surface area contributed by atoms with Gasteiger partial charge in [-0.15, -0.1) is 13.2 Å². The summed E-state index contributed by atoms with van der Waals surface area (Å²) in [5.41, 5.74) is 0. The highest BCUT2D eigenvalue weighted by Gasteiger charge is 2.42. The number of carbonyl (C=O) groups excluding carboxylic acids is 1. The Morgan fingerprint density at radius 1 is 1.12 bits per heavy atom. The highest BCUT2D eigenvalue weighted by Crippen LogP contribution is 2.30. The minimum Gasteiger partial charge on any atom is -0.457 e. The summed E-state index contributed by atoms with van der Waals surface area (Å²) in [6, 6.07) is 8.71. The fourth-order valence-corrected chi connectivity index (χ4v) is 4.78. The molecule has 2 aromatic rings. The number of hydroxylamine groups is 2. The van der Waals surface area contributed by atoms with Crippen LogP contribution in [0.15, 0.2) is 53.4 Å². The molecular formula is C21H22F3NO8S. The van der Waals surface area contributed by atoms with Crippen LogP contribution in [0.2, 0.25) is 0 Å². The Morgan fingerprint density at radius 2 is 1.65 bits per heavy atom. The van der Waals surface area contributed by atoms with E-state index in [1.54, 1.807) is 13.8 Å². The van der Waals surface area contributed by atoms with Gasteiger partial charge >= 0.3 is 6.36 Å². The third-order valence-electron chi connectivity index (χ3n) is 4.77. The van der Waals surface area contributed by atoms with Crippen molar-refractivity contribution >= 4 is 16.2 Å². The predicted octanol–water partition coefficient (Wildman–Crippen LogP) is 3.52. The summed E-state index contributed by atoms with van der Waals surface area (Å²) in [6.07, 6.45) is -5.59. The number of ether oxygens (including phenoxy) is 4. The number of halogens is 3. The van der Waals surface area contributed by atoms with Gasteiger partial charge in [0.1, 0.15) is 29.4 Å². The maximum Gasteiger partial charge on any atom is 0.573 e. The molecule has 0 unspecified atom stereocenters. The molecule has 34 heavy (non-hydrogen) atoms. The van der Waals surface area contributed by atoms with Gasteiger partial charge < -0.3 is 18.9 Å². The largest absolute Gasteiger partial charge is 0.573 e. The van der Waals surface area contributed by atoms with Crippen LogP contribution in [0, 0.1) is 0 Å². The predicted molar refractivity (Wildman–Crippen MR) is 110 cm³/mol. The van der Waals surface area contributed by atoms with E-state index in [4.69, 9.17) is 14.2 Å². The molecular weight excluding hydrogens is 483 g/mol. The molecule has 1 aliphatic rings. The Balaban J connectivity index is 1.69. The number of hydrogen-bond donors (Lipinski definition) is 1. The first kappa shape index (κ1) is 25.7. The van der Waals surface area contributed by atoms with Crippen molar-refractivity contribution in [3.05, 3.63) is 48.5 Å². The zero-order valence-electron chi connectivity index (χ0n) is 18.1. The lowest BCUT2D eigenvalue weighted by atomic mass is 10.2. The average molecular weight is 505 g/mol. The number of nitrogens with zero attached hydrogens (tertiary/aromatic N) is 1. The minimum absolute atomic E-state index is 0.0162. The van der Waals surface area contributed by atoms with Crippen LogP contribution in [0.4, 0.5) is 13.2 Å². The van der Waals surface area contributed by atoms with Gasteiger partial charge in [-0.25, -0.2) is 13.5 Å². The number of sulfone groups is 1. The molecule has 1 N–H and O–H groups in total. The van der Waals surface area contributed by atoms with Crippen LogP contribution < -0.4 is 9.47 Å². The fraction of sp³-hybridized carbons (Fsp3) is 0.381. The van der Waals surface area contributed by atoms with Crippen LogP contribution in [-0.2, 0) is 24.1 Å². The van der Waals surface area contributed by atoms with Crippen LogP contribution in [0.1, 0.15) is 13.8 Å². The van der Waals surface area contributed by atoms with Crippen LogP contribution in [0.3, 0.4) is 0 Å². The van der Waals surface area contributed by atoms with E-state index in [1.807, 2.05) is 0 Å². The first-order valence-corrected chi connectivity index (χ1v) is 11.5. The van der Waals surface area contributed by atoms with E-state index in [2.05, 4.69) is 4.74 Å². The average Bonchev–Trinajstić information content (AvgIpc) is 3.11. The Kier molecular flexibility index (Phi) is 7.41. The van der Waals surface area contributed by atoms with Crippen molar-refractivity contribution in [2.24, 2.45) is 0 Å². The van der Waals surface area contributed by atoms with E-state index in [0.717, 1.165) is 12.1 Å². The quantitative estimate of drug-likeness (QED) is 0.313. The standard InChI is InChI=1S/C21H22F3NO8S/c1-20(2)30-11-19(33-20)18(25(27)13-26)12-34(28,29)17-9-7-15(8-10-17)31-14-3-5-16(6-4-14)32-21(22,23)24/h3-10,13,18-19,27H,11-12H2,1-2H3/t18-,19-/m0/s1. The lowest BCUT2D eigenvalue weighted by Gasteiger charge is -2.27. The molecule has 2 aromatic carbocycles. The summed E-state index contributed by atoms with van der Waals surface area (Å²) in [7, 11) is -3.98. The number of rotatable bonds is 9. The normalized spacial score (nSPS) is 18.8. The first-order valence-electron chi connectivity index (χ1n) is 9.89. The third-order valence-corrected chi connectivity index (χ3v) is 6.54. The molecule has 0 aliphatic carbocycles. The second kappa shape index (κ2) is 9.78. The molecule has 1 amide bonds. The molecule has 0 bridgehead atoms. The van der Waals surface area contributed by atoms with Gasteiger partial charge in [-0.1, -0.05) is 0 Å². The van der Waals surface area contributed by atoms with Crippen molar-refractivity contribution in [2.75, 3.05) is 12.4 Å². The van der Waals surface area contributed by atoms with E-state index in [9.17, 15) is 31.6 Å². The monoisotopic (exact) mass is 505 g/mol. The molecule has 9 nitrogen and oxygen atoms in total. The van der Waals surface area contributed by atoms with Crippen LogP contribution >= 0.6 is 0 Å². The smallest absolute Gasteiger partial charge is 0.457 e. The molecule has 0 radical (unpaired) electrons. The van der Waals surface area contributed by atoms with Gasteiger partial charge in [0.25, 0.3) is 0 Å². The van der Waals surface area contributed by atoms with Gasteiger partial charge in [-0.2, -0.15) is 0 Å². The summed E-state index contributed by atoms with van der Waals surface area (Å²) in [6.45, 7) is 3.23. The molecule has 1 aliphatic heterocycles. The van der Waals surface area contributed by atoms with Crippen LogP contribution in [-0.4, -0.2) is 61.8 Å². The Bertz CT molecular complexity index is 1090. The summed E-state index contributed by atoms with van der Waals surface area (Å²) >= 11 is 0. The molecule has 13 heteroatoms. The molecule has 3 rings (SSSR count). The maximum atomic E-state index is 12.9. The molecule has 1 saturated heterocycles. The van der Waals surface area contributed by atoms with Gasteiger partial charge in [0.05, 0.1) is 17.3 Å². The van der Waals surface area contributed by atoms with E-state index in [0.29, 0.717) is 0 Å². The van der Waals surface area contributed by atoms with E-state index in [1.165, 1.54) is 36.4 Å². The number of amides is 1. The van der Waals surface area contributed by atoms with Crippen LogP contribution in [0.5, 0.6) is 17.2 Å². The highest BCUT2D eigenvalue weighted by molar-refractivity contribution is 7.91. The molecule has 0 spiro atoms. The summed E-state index contributed by atoms with van der Waals surface area (Å²) in [5.74, 6) is -1.61. The first-order chi connectivity index (χ1) is 15.8. The fourth-order valence-electron chi connectivity index (χ4n) is 3.22. The van der Waals surface area contributed by atoms with Crippen molar-refractivity contribution in [2.45, 2.75) is 43.0 Å². The number of benzene rings is 2. The van der Waals surface area contributed by atoms with Crippen molar-refractivity contribution in [3.8, 4) is 17.2 Å². The molecule has 1 heterocycles. The zero-order valence-corrected chi connectivity index (χ0v) is 18.9. The van der Waals surface area contributed by atoms with Gasteiger partial charge in [-0.05, 0) is 62.4 Å². The van der Waals surface area contributed by atoms with Gasteiger partial charge in [0.15, 0.2) is 15.6 Å². The topological polar surface area (TPSA) is 112 Å². The third kappa shape index (κ3) is 6.82. The van der Waals surface area contributed by atoms with E-state index in [-0.39, 0.29) is 34.5 Å². The minimum atomic E-state index is -4.81. The molecule has 186 valence electrons. The summed E-state index contributed by atoms with van der Waals surface area (Å²) < 4.78 is 82.8. The van der Waals surface area contributed by atoms with E-state index >= 15 is 0 Å². The lowest BCUT2D eigenvalue weighted by molar-refractivity contribution is -0.274. The highest BCUT2D eigenvalue weighted by atomic mass is 32.2. The lowest BCUT2D eigenvalue weighted by Crippen LogP contribution is -2.47. The van der Waals surface area contributed by atoms with Crippen molar-refractivity contribution < 1.29 is 50.5 Å². The summed E-state index contributed by atoms with van der Waals surface area (Å²) in [4.78, 5) is 11.0. The second-order valence-corrected chi connectivity index (χ2v) is 9.83. The van der Waals surface area contributed by atoms with Gasteiger partial charge in [0, 0.05) is 0 Å². The van der Waals surface area contributed by atoms with E-state index < -0.39 is 45.6 Å². The van der Waals surface area contributed by atoms with Crippen molar-refractivity contribution in [3.63, 3.8) is 0 Å². The molecule has 1 fully saturated rings. The zero-order chi connectivity index (χ0) is 25.1. The summed E-state index contributed by atoms with van der Waals surface area (Å²) in [5, 5.41) is 10.2. The Morgan fingerprint density at radius 3 is 2.12 bits per heavy atom. The molecule has 2 atom stereocenters. The van der Waals surface area contributed by atoms with Gasteiger partial charge in [0.2, 0.25) is 6.41 Å². The SMILES string of the molecule is CC1(C)OC[C@@H]([C@H](CS(=O)(=O)c2ccc(Oc3ccc(OC(F)(F)F)cc3)cc2)N(O)C=O)O1. The van der Waals surface area contributed by atoms with Crippen molar-refractivity contribution in [1.82, 2.24) is 5.06 Å². The van der Waals surface area contributed by atoms with Gasteiger partial charge in [-0.3, -0.25) is 10.0 Å².